The number of hydrogen-bond donors (Lipinski definition) is 1. The van der Waals surface area contributed by atoms with Crippen LogP contribution < -0.4 is 5.32 Å². The molecule has 15 heavy (non-hydrogen) atoms. The molecular formula is C12H26N2O. The summed E-state index contributed by atoms with van der Waals surface area (Å²) in [7, 11) is 1.88. The molecule has 1 atom stereocenters. The number of urea groups is 1. The smallest absolute Gasteiger partial charge is 0.317 e. The average molecular weight is 214 g/mol. The van der Waals surface area contributed by atoms with Crippen LogP contribution in [-0.4, -0.2) is 30.1 Å². The molecule has 0 radical (unpaired) electrons. The summed E-state index contributed by atoms with van der Waals surface area (Å²) in [6.45, 7) is 10.5. The number of carbonyl (C=O) groups excluding carboxylic acids is 1. The monoisotopic (exact) mass is 214 g/mol. The van der Waals surface area contributed by atoms with Gasteiger partial charge in [-0.05, 0) is 25.7 Å². The van der Waals surface area contributed by atoms with Crippen LogP contribution in [0.4, 0.5) is 4.79 Å². The standard InChI is InChI=1S/C12H26N2O/c1-7-11(8-2)14(6)12(15)13-10(5)9(3)4/h9-11H,7-8H2,1-6H3,(H,13,15)/t10-/m1/s1. The Morgan fingerprint density at radius 3 is 2.00 bits per heavy atom. The molecule has 2 amide bonds. The van der Waals surface area contributed by atoms with Crippen LogP contribution in [0.3, 0.4) is 0 Å². The quantitative estimate of drug-likeness (QED) is 0.750. The summed E-state index contributed by atoms with van der Waals surface area (Å²) in [4.78, 5) is 13.7. The molecule has 0 aliphatic heterocycles. The van der Waals surface area contributed by atoms with E-state index in [0.717, 1.165) is 12.8 Å². The zero-order valence-electron chi connectivity index (χ0n) is 11.0. The predicted octanol–water partition coefficient (Wildman–Crippen LogP) is 2.86. The van der Waals surface area contributed by atoms with Crippen molar-refractivity contribution in [1.29, 1.82) is 0 Å². The topological polar surface area (TPSA) is 32.3 Å². The highest BCUT2D eigenvalue weighted by atomic mass is 16.2. The number of nitrogens with zero attached hydrogens (tertiary/aromatic N) is 1. The number of carbonyl (C=O) groups is 1. The third-order valence-corrected chi connectivity index (χ3v) is 3.16. The SMILES string of the molecule is CCC(CC)N(C)C(=O)N[C@H](C)C(C)C. The van der Waals surface area contributed by atoms with Crippen LogP contribution in [-0.2, 0) is 0 Å². The van der Waals surface area contributed by atoms with E-state index in [-0.39, 0.29) is 12.1 Å². The van der Waals surface area contributed by atoms with Gasteiger partial charge < -0.3 is 10.2 Å². The molecule has 0 saturated heterocycles. The summed E-state index contributed by atoms with van der Waals surface area (Å²) in [6.07, 6.45) is 2.02. The fourth-order valence-corrected chi connectivity index (χ4v) is 1.47. The Bertz CT molecular complexity index is 188. The summed E-state index contributed by atoms with van der Waals surface area (Å²) < 4.78 is 0. The van der Waals surface area contributed by atoms with Crippen LogP contribution in [0.15, 0.2) is 0 Å². The minimum Gasteiger partial charge on any atom is -0.335 e. The molecule has 3 nitrogen and oxygen atoms in total. The molecule has 0 heterocycles. The number of nitrogens with one attached hydrogen (secondary N) is 1. The molecule has 0 unspecified atom stereocenters. The molecule has 0 aromatic heterocycles. The first-order valence-electron chi connectivity index (χ1n) is 5.97. The van der Waals surface area contributed by atoms with Crippen LogP contribution in [0.5, 0.6) is 0 Å². The average Bonchev–Trinajstić information content (AvgIpc) is 2.19. The van der Waals surface area contributed by atoms with E-state index in [2.05, 4.69) is 33.0 Å². The zero-order chi connectivity index (χ0) is 12.0. The molecule has 0 aliphatic carbocycles. The molecule has 0 rings (SSSR count). The Labute approximate surface area is 94.2 Å². The van der Waals surface area contributed by atoms with Gasteiger partial charge >= 0.3 is 6.03 Å². The van der Waals surface area contributed by atoms with Crippen molar-refractivity contribution in [1.82, 2.24) is 10.2 Å². The molecule has 0 spiro atoms. The maximum atomic E-state index is 11.8. The largest absolute Gasteiger partial charge is 0.335 e. The summed E-state index contributed by atoms with van der Waals surface area (Å²) in [5.74, 6) is 0.476. The number of hydrogen-bond acceptors (Lipinski definition) is 1. The lowest BCUT2D eigenvalue weighted by atomic mass is 10.1. The molecule has 0 bridgehead atoms. The fraction of sp³-hybridized carbons (Fsp3) is 0.917. The minimum absolute atomic E-state index is 0.0462. The van der Waals surface area contributed by atoms with E-state index in [0.29, 0.717) is 12.0 Å². The normalized spacial score (nSPS) is 13.1. The van der Waals surface area contributed by atoms with E-state index in [1.165, 1.54) is 0 Å². The van der Waals surface area contributed by atoms with Gasteiger partial charge in [-0.3, -0.25) is 0 Å². The lowest BCUT2D eigenvalue weighted by Crippen LogP contribution is -2.47. The predicted molar refractivity (Wildman–Crippen MR) is 65.0 cm³/mol. The molecule has 0 aliphatic rings. The van der Waals surface area contributed by atoms with Crippen molar-refractivity contribution in [2.75, 3.05) is 7.05 Å². The number of amides is 2. The van der Waals surface area contributed by atoms with Crippen molar-refractivity contribution in [2.45, 2.75) is 59.5 Å². The highest BCUT2D eigenvalue weighted by Crippen LogP contribution is 2.07. The second kappa shape index (κ2) is 6.70. The second-order valence-corrected chi connectivity index (χ2v) is 4.56. The highest BCUT2D eigenvalue weighted by Gasteiger charge is 2.18. The van der Waals surface area contributed by atoms with Gasteiger partial charge in [0.1, 0.15) is 0 Å². The molecule has 0 saturated carbocycles. The summed E-state index contributed by atoms with van der Waals surface area (Å²) in [6, 6.07) is 0.628. The van der Waals surface area contributed by atoms with Crippen LogP contribution in [0.25, 0.3) is 0 Å². The van der Waals surface area contributed by atoms with E-state index in [1.807, 2.05) is 18.9 Å². The number of rotatable bonds is 5. The highest BCUT2D eigenvalue weighted by molar-refractivity contribution is 5.74. The lowest BCUT2D eigenvalue weighted by molar-refractivity contribution is 0.180. The fourth-order valence-electron chi connectivity index (χ4n) is 1.47. The Morgan fingerprint density at radius 2 is 1.67 bits per heavy atom. The maximum Gasteiger partial charge on any atom is 0.317 e. The maximum absolute atomic E-state index is 11.8. The van der Waals surface area contributed by atoms with Gasteiger partial charge in [0.2, 0.25) is 0 Å². The van der Waals surface area contributed by atoms with Crippen LogP contribution in [0.1, 0.15) is 47.5 Å². The van der Waals surface area contributed by atoms with Crippen molar-refractivity contribution in [2.24, 2.45) is 5.92 Å². The Kier molecular flexibility index (Phi) is 6.37. The van der Waals surface area contributed by atoms with Crippen molar-refractivity contribution >= 4 is 6.03 Å². The molecule has 0 aromatic carbocycles. The second-order valence-electron chi connectivity index (χ2n) is 4.56. The Balaban J connectivity index is 4.20. The van der Waals surface area contributed by atoms with E-state index in [1.54, 1.807) is 0 Å². The van der Waals surface area contributed by atoms with E-state index in [9.17, 15) is 4.79 Å². The van der Waals surface area contributed by atoms with Crippen molar-refractivity contribution in [3.8, 4) is 0 Å². The van der Waals surface area contributed by atoms with Gasteiger partial charge in [0.05, 0.1) is 0 Å². The summed E-state index contributed by atoms with van der Waals surface area (Å²) in [5, 5.41) is 3.02. The lowest BCUT2D eigenvalue weighted by Gasteiger charge is -2.29. The molecular weight excluding hydrogens is 188 g/mol. The minimum atomic E-state index is 0.0462. The third-order valence-electron chi connectivity index (χ3n) is 3.16. The van der Waals surface area contributed by atoms with Gasteiger partial charge in [0.25, 0.3) is 0 Å². The summed E-state index contributed by atoms with van der Waals surface area (Å²) in [5.41, 5.74) is 0. The molecule has 90 valence electrons. The van der Waals surface area contributed by atoms with Crippen LogP contribution in [0.2, 0.25) is 0 Å². The first kappa shape index (κ1) is 14.3. The molecule has 0 fully saturated rings. The van der Waals surface area contributed by atoms with E-state index >= 15 is 0 Å². The van der Waals surface area contributed by atoms with Gasteiger partial charge in [-0.1, -0.05) is 27.7 Å². The molecule has 1 N–H and O–H groups in total. The Morgan fingerprint density at radius 1 is 1.20 bits per heavy atom. The van der Waals surface area contributed by atoms with E-state index in [4.69, 9.17) is 0 Å². The van der Waals surface area contributed by atoms with Crippen molar-refractivity contribution in [3.63, 3.8) is 0 Å². The first-order chi connectivity index (χ1) is 6.93. The third kappa shape index (κ3) is 4.54. The van der Waals surface area contributed by atoms with Crippen LogP contribution in [0, 0.1) is 5.92 Å². The summed E-state index contributed by atoms with van der Waals surface area (Å²) >= 11 is 0. The van der Waals surface area contributed by atoms with Gasteiger partial charge in [0.15, 0.2) is 0 Å². The van der Waals surface area contributed by atoms with Gasteiger partial charge in [0, 0.05) is 19.1 Å². The zero-order valence-corrected chi connectivity index (χ0v) is 11.0. The van der Waals surface area contributed by atoms with Gasteiger partial charge in [-0.2, -0.15) is 0 Å². The Hall–Kier alpha value is -0.730. The molecule has 3 heteroatoms. The van der Waals surface area contributed by atoms with Gasteiger partial charge in [-0.25, -0.2) is 4.79 Å². The first-order valence-corrected chi connectivity index (χ1v) is 5.97. The van der Waals surface area contributed by atoms with Crippen molar-refractivity contribution in [3.05, 3.63) is 0 Å². The van der Waals surface area contributed by atoms with Gasteiger partial charge in [-0.15, -0.1) is 0 Å². The van der Waals surface area contributed by atoms with E-state index < -0.39 is 0 Å². The molecule has 0 aromatic rings. The van der Waals surface area contributed by atoms with Crippen molar-refractivity contribution < 1.29 is 4.79 Å². The van der Waals surface area contributed by atoms with Crippen LogP contribution >= 0.6 is 0 Å².